The van der Waals surface area contributed by atoms with E-state index in [9.17, 15) is 22.8 Å². The second kappa shape index (κ2) is 7.86. The second-order valence-electron chi connectivity index (χ2n) is 4.91. The van der Waals surface area contributed by atoms with Gasteiger partial charge in [-0.1, -0.05) is 18.2 Å². The Kier molecular flexibility index (Phi) is 6.41. The largest absolute Gasteiger partial charge is 0.463 e. The van der Waals surface area contributed by atoms with E-state index in [4.69, 9.17) is 0 Å². The summed E-state index contributed by atoms with van der Waals surface area (Å²) in [6.45, 7) is 1.07. The maximum Gasteiger partial charge on any atom is 0.438 e. The maximum absolute atomic E-state index is 13.6. The number of nitrogens with one attached hydrogen (secondary N) is 3. The topological polar surface area (TPSA) is 82.7 Å². The molecule has 7 nitrogen and oxygen atoms in total. The first kappa shape index (κ1) is 19.6. The first-order chi connectivity index (χ1) is 11.1. The Labute approximate surface area is 137 Å². The number of ether oxygens (including phenoxy) is 1. The van der Waals surface area contributed by atoms with Gasteiger partial charge in [0.1, 0.15) is 0 Å². The number of hydrogen-bond acceptors (Lipinski definition) is 5. The first-order valence-corrected chi connectivity index (χ1v) is 6.95. The van der Waals surface area contributed by atoms with Crippen molar-refractivity contribution in [3.8, 4) is 0 Å². The molecule has 10 heteroatoms. The van der Waals surface area contributed by atoms with Gasteiger partial charge in [0.2, 0.25) is 0 Å². The Morgan fingerprint density at radius 1 is 1.17 bits per heavy atom. The molecule has 0 saturated heterocycles. The molecule has 3 N–H and O–H groups in total. The van der Waals surface area contributed by atoms with Crippen molar-refractivity contribution < 1.29 is 27.5 Å². The number of hydrazine groups is 1. The van der Waals surface area contributed by atoms with E-state index in [1.165, 1.54) is 33.2 Å². The normalized spacial score (nSPS) is 13.6. The van der Waals surface area contributed by atoms with E-state index in [1.807, 2.05) is 5.43 Å². The second-order valence-corrected chi connectivity index (χ2v) is 4.91. The van der Waals surface area contributed by atoms with Crippen LogP contribution in [0.15, 0.2) is 30.3 Å². The number of nitrogens with zero attached hydrogens (tertiary/aromatic N) is 1. The molecule has 0 spiro atoms. The molecule has 0 aliphatic rings. The minimum absolute atomic E-state index is 0.259. The van der Waals surface area contributed by atoms with Crippen LogP contribution in [0.2, 0.25) is 0 Å². The highest BCUT2D eigenvalue weighted by Gasteiger charge is 2.63. The lowest BCUT2D eigenvalue weighted by Crippen LogP contribution is -2.74. The fourth-order valence-corrected chi connectivity index (χ4v) is 1.59. The molecule has 0 aliphatic heterocycles. The first-order valence-electron chi connectivity index (χ1n) is 6.95. The lowest BCUT2D eigenvalue weighted by atomic mass is 10.1. The van der Waals surface area contributed by atoms with Gasteiger partial charge < -0.3 is 20.4 Å². The van der Waals surface area contributed by atoms with Gasteiger partial charge in [-0.2, -0.15) is 18.6 Å². The molecule has 24 heavy (non-hydrogen) atoms. The van der Waals surface area contributed by atoms with E-state index in [0.29, 0.717) is 0 Å². The molecule has 0 heterocycles. The number of halogens is 3. The number of amides is 2. The number of anilines is 1. The molecule has 1 unspecified atom stereocenters. The van der Waals surface area contributed by atoms with E-state index in [-0.39, 0.29) is 12.3 Å². The average Bonchev–Trinajstić information content (AvgIpc) is 2.51. The number of para-hydroxylation sites is 1. The summed E-state index contributed by atoms with van der Waals surface area (Å²) in [6.07, 6.45) is -5.17. The van der Waals surface area contributed by atoms with Gasteiger partial charge >= 0.3 is 23.8 Å². The van der Waals surface area contributed by atoms with Crippen molar-refractivity contribution in [1.82, 2.24) is 15.6 Å². The third-order valence-electron chi connectivity index (χ3n) is 2.88. The molecular formula is C14H19F3N4O3. The number of carbonyl (C=O) groups excluding carboxylic acids is 2. The molecule has 134 valence electrons. The molecule has 1 aromatic carbocycles. The van der Waals surface area contributed by atoms with E-state index < -0.39 is 23.8 Å². The fraction of sp³-hybridized carbons (Fsp3) is 0.429. The highest BCUT2D eigenvalue weighted by Crippen LogP contribution is 2.30. The maximum atomic E-state index is 13.6. The van der Waals surface area contributed by atoms with Crippen LogP contribution < -0.4 is 16.2 Å². The number of urea groups is 1. The Morgan fingerprint density at radius 3 is 2.21 bits per heavy atom. The summed E-state index contributed by atoms with van der Waals surface area (Å²) in [4.78, 5) is 24.6. The van der Waals surface area contributed by atoms with Gasteiger partial charge in [-0.15, -0.1) is 0 Å². The Morgan fingerprint density at radius 2 is 1.75 bits per heavy atom. The number of carbonyl (C=O) groups is 2. The molecule has 2 amide bonds. The summed E-state index contributed by atoms with van der Waals surface area (Å²) in [5.41, 5.74) is 0.924. The van der Waals surface area contributed by atoms with Crippen molar-refractivity contribution in [2.45, 2.75) is 18.8 Å². The van der Waals surface area contributed by atoms with E-state index in [1.54, 1.807) is 23.5 Å². The van der Waals surface area contributed by atoms with Gasteiger partial charge in [0.15, 0.2) is 0 Å². The lowest BCUT2D eigenvalue weighted by molar-refractivity contribution is -0.217. The van der Waals surface area contributed by atoms with Crippen LogP contribution in [-0.4, -0.2) is 49.4 Å². The van der Waals surface area contributed by atoms with Crippen molar-refractivity contribution in [3.05, 3.63) is 30.3 Å². The molecule has 0 saturated carbocycles. The number of hydrogen-bond donors (Lipinski definition) is 3. The van der Waals surface area contributed by atoms with Crippen molar-refractivity contribution in [3.63, 3.8) is 0 Å². The van der Waals surface area contributed by atoms with Crippen LogP contribution in [0.3, 0.4) is 0 Å². The van der Waals surface area contributed by atoms with Crippen molar-refractivity contribution >= 4 is 17.7 Å². The molecule has 0 aromatic heterocycles. The molecular weight excluding hydrogens is 329 g/mol. The van der Waals surface area contributed by atoms with Gasteiger partial charge in [-0.3, -0.25) is 0 Å². The standard InChI is InChI=1S/C14H19F3N4O3/c1-4-24-11(22)13(14(15,16)17,18-12(23)21(2)3)20-19-10-8-6-5-7-9-10/h5-9,19-20H,4H2,1-3H3,(H,18,23). The van der Waals surface area contributed by atoms with E-state index in [2.05, 4.69) is 10.2 Å². The summed E-state index contributed by atoms with van der Waals surface area (Å²) in [5, 5.41) is 1.64. The summed E-state index contributed by atoms with van der Waals surface area (Å²) in [5.74, 6) is -1.68. The summed E-state index contributed by atoms with van der Waals surface area (Å²) < 4.78 is 45.4. The fourth-order valence-electron chi connectivity index (χ4n) is 1.59. The highest BCUT2D eigenvalue weighted by atomic mass is 19.4. The lowest BCUT2D eigenvalue weighted by Gasteiger charge is -2.35. The minimum atomic E-state index is -5.17. The zero-order valence-corrected chi connectivity index (χ0v) is 13.4. The number of esters is 1. The van der Waals surface area contributed by atoms with E-state index in [0.717, 1.165) is 4.90 Å². The summed E-state index contributed by atoms with van der Waals surface area (Å²) in [7, 11) is 2.48. The zero-order valence-electron chi connectivity index (χ0n) is 13.4. The predicted molar refractivity (Wildman–Crippen MR) is 80.8 cm³/mol. The van der Waals surface area contributed by atoms with Gasteiger partial charge in [0.05, 0.1) is 6.61 Å². The van der Waals surface area contributed by atoms with Gasteiger partial charge in [0, 0.05) is 19.8 Å². The molecule has 1 rings (SSSR count). The number of alkyl halides is 3. The van der Waals surface area contributed by atoms with Crippen LogP contribution in [0.25, 0.3) is 0 Å². The van der Waals surface area contributed by atoms with Crippen molar-refractivity contribution in [2.75, 3.05) is 26.1 Å². The Balaban J connectivity index is 3.18. The van der Waals surface area contributed by atoms with Crippen LogP contribution >= 0.6 is 0 Å². The highest BCUT2D eigenvalue weighted by molar-refractivity contribution is 5.88. The van der Waals surface area contributed by atoms with Crippen LogP contribution in [-0.2, 0) is 9.53 Å². The zero-order chi connectivity index (χ0) is 18.4. The third kappa shape index (κ3) is 4.51. The monoisotopic (exact) mass is 348 g/mol. The molecule has 0 bridgehead atoms. The predicted octanol–water partition coefficient (Wildman–Crippen LogP) is 1.70. The summed E-state index contributed by atoms with van der Waals surface area (Å²) in [6, 6.07) is 6.67. The molecule has 0 radical (unpaired) electrons. The minimum Gasteiger partial charge on any atom is -0.463 e. The molecule has 1 atom stereocenters. The third-order valence-corrected chi connectivity index (χ3v) is 2.88. The van der Waals surface area contributed by atoms with Gasteiger partial charge in [0.25, 0.3) is 0 Å². The molecule has 1 aromatic rings. The number of rotatable bonds is 6. The van der Waals surface area contributed by atoms with E-state index >= 15 is 0 Å². The Bertz CT molecular complexity index is 566. The van der Waals surface area contributed by atoms with Gasteiger partial charge in [-0.25, -0.2) is 9.59 Å². The number of benzene rings is 1. The molecule has 0 aliphatic carbocycles. The van der Waals surface area contributed by atoms with Crippen LogP contribution in [0.4, 0.5) is 23.7 Å². The quantitative estimate of drug-likeness (QED) is 0.414. The SMILES string of the molecule is CCOC(=O)C(NNc1ccccc1)(NC(=O)N(C)C)C(F)(F)F. The van der Waals surface area contributed by atoms with Gasteiger partial charge in [-0.05, 0) is 19.1 Å². The van der Waals surface area contributed by atoms with Crippen molar-refractivity contribution in [1.29, 1.82) is 0 Å². The molecule has 0 fully saturated rings. The average molecular weight is 348 g/mol. The van der Waals surface area contributed by atoms with Crippen molar-refractivity contribution in [2.24, 2.45) is 0 Å². The van der Waals surface area contributed by atoms with Crippen LogP contribution in [0.1, 0.15) is 6.92 Å². The Hall–Kier alpha value is -2.49. The van der Waals surface area contributed by atoms with Crippen LogP contribution in [0.5, 0.6) is 0 Å². The smallest absolute Gasteiger partial charge is 0.438 e. The summed E-state index contributed by atoms with van der Waals surface area (Å²) >= 11 is 0. The van der Waals surface area contributed by atoms with Crippen LogP contribution in [0, 0.1) is 0 Å².